The average molecular weight is 336 g/mol. The van der Waals surface area contributed by atoms with Crippen molar-refractivity contribution in [2.45, 2.75) is 6.42 Å². The van der Waals surface area contributed by atoms with E-state index in [2.05, 4.69) is 15.9 Å². The normalized spacial score (nSPS) is 10.5. The largest absolute Gasteiger partial charge is 0.481 e. The van der Waals surface area contributed by atoms with Gasteiger partial charge in [0.25, 0.3) is 5.91 Å². The summed E-state index contributed by atoms with van der Waals surface area (Å²) in [5.41, 5.74) is 0.563. The van der Waals surface area contributed by atoms with Gasteiger partial charge in [0.2, 0.25) is 0 Å². The van der Waals surface area contributed by atoms with Crippen LogP contribution >= 0.6 is 15.9 Å². The van der Waals surface area contributed by atoms with Crippen LogP contribution in [0.3, 0.4) is 0 Å². The van der Waals surface area contributed by atoms with Gasteiger partial charge in [0.15, 0.2) is 0 Å². The zero-order chi connectivity index (χ0) is 14.7. The van der Waals surface area contributed by atoms with Crippen LogP contribution in [0.5, 0.6) is 0 Å². The van der Waals surface area contributed by atoms with E-state index in [0.717, 1.165) is 15.2 Å². The van der Waals surface area contributed by atoms with Crippen LogP contribution in [0, 0.1) is 0 Å². The van der Waals surface area contributed by atoms with Crippen LogP contribution in [-0.2, 0) is 4.79 Å². The topological polar surface area (TPSA) is 57.6 Å². The van der Waals surface area contributed by atoms with Crippen molar-refractivity contribution in [2.24, 2.45) is 0 Å². The highest BCUT2D eigenvalue weighted by atomic mass is 79.9. The second-order valence-corrected chi connectivity index (χ2v) is 5.49. The molecule has 0 spiro atoms. The lowest BCUT2D eigenvalue weighted by Crippen LogP contribution is -2.28. The van der Waals surface area contributed by atoms with E-state index in [1.165, 1.54) is 4.90 Å². The molecule has 0 aliphatic rings. The molecule has 0 aliphatic heterocycles. The van der Waals surface area contributed by atoms with E-state index in [1.54, 1.807) is 13.1 Å². The third kappa shape index (κ3) is 3.36. The van der Waals surface area contributed by atoms with Crippen molar-refractivity contribution >= 4 is 38.6 Å². The van der Waals surface area contributed by atoms with Crippen molar-refractivity contribution < 1.29 is 14.7 Å². The van der Waals surface area contributed by atoms with Crippen molar-refractivity contribution in [1.29, 1.82) is 0 Å². The second kappa shape index (κ2) is 6.05. The number of hydrogen-bond donors (Lipinski definition) is 1. The van der Waals surface area contributed by atoms with E-state index >= 15 is 0 Å². The number of carbonyl (C=O) groups excluding carboxylic acids is 1. The van der Waals surface area contributed by atoms with Crippen LogP contribution < -0.4 is 0 Å². The minimum atomic E-state index is -0.909. The van der Waals surface area contributed by atoms with Gasteiger partial charge < -0.3 is 10.0 Å². The Hall–Kier alpha value is -1.88. The highest BCUT2D eigenvalue weighted by Gasteiger charge is 2.13. The minimum absolute atomic E-state index is 0.0528. The fraction of sp³-hybridized carbons (Fsp3) is 0.200. The molecule has 20 heavy (non-hydrogen) atoms. The summed E-state index contributed by atoms with van der Waals surface area (Å²) in [5, 5.41) is 10.7. The van der Waals surface area contributed by atoms with Gasteiger partial charge in [0.1, 0.15) is 0 Å². The van der Waals surface area contributed by atoms with E-state index < -0.39 is 5.97 Å². The summed E-state index contributed by atoms with van der Waals surface area (Å²) in [6.07, 6.45) is -0.0528. The van der Waals surface area contributed by atoms with Crippen LogP contribution in [0.15, 0.2) is 40.9 Å². The Labute approximate surface area is 125 Å². The van der Waals surface area contributed by atoms with E-state index in [9.17, 15) is 9.59 Å². The van der Waals surface area contributed by atoms with Gasteiger partial charge in [-0.25, -0.2) is 0 Å². The molecule has 2 aromatic carbocycles. The molecule has 0 aliphatic carbocycles. The Morgan fingerprint density at radius 3 is 2.50 bits per heavy atom. The van der Waals surface area contributed by atoms with Gasteiger partial charge in [-0.05, 0) is 35.0 Å². The number of amides is 1. The van der Waals surface area contributed by atoms with Crippen LogP contribution in [0.1, 0.15) is 16.8 Å². The molecule has 2 rings (SSSR count). The number of halogens is 1. The van der Waals surface area contributed by atoms with Crippen molar-refractivity contribution in [3.63, 3.8) is 0 Å². The van der Waals surface area contributed by atoms with Crippen molar-refractivity contribution in [3.8, 4) is 0 Å². The fourth-order valence-electron chi connectivity index (χ4n) is 1.93. The number of rotatable bonds is 4. The molecule has 0 aromatic heterocycles. The van der Waals surface area contributed by atoms with Crippen LogP contribution in [0.4, 0.5) is 0 Å². The highest BCUT2D eigenvalue weighted by Crippen LogP contribution is 2.21. The number of hydrogen-bond acceptors (Lipinski definition) is 2. The monoisotopic (exact) mass is 335 g/mol. The molecule has 5 heteroatoms. The third-order valence-electron chi connectivity index (χ3n) is 3.06. The first-order valence-corrected chi connectivity index (χ1v) is 6.93. The first-order chi connectivity index (χ1) is 9.47. The molecule has 4 nitrogen and oxygen atoms in total. The smallest absolute Gasteiger partial charge is 0.305 e. The second-order valence-electron chi connectivity index (χ2n) is 4.58. The third-order valence-corrected chi connectivity index (χ3v) is 3.55. The summed E-state index contributed by atoms with van der Waals surface area (Å²) >= 11 is 3.41. The summed E-state index contributed by atoms with van der Waals surface area (Å²) in [7, 11) is 1.61. The molecular formula is C15H14BrNO3. The van der Waals surface area contributed by atoms with Crippen molar-refractivity contribution in [1.82, 2.24) is 4.90 Å². The van der Waals surface area contributed by atoms with Crippen molar-refractivity contribution in [3.05, 3.63) is 46.4 Å². The lowest BCUT2D eigenvalue weighted by molar-refractivity contribution is -0.137. The molecule has 2 aromatic rings. The molecule has 0 heterocycles. The van der Waals surface area contributed by atoms with Gasteiger partial charge in [-0.1, -0.05) is 28.1 Å². The minimum Gasteiger partial charge on any atom is -0.481 e. The standard InChI is InChI=1S/C15H14BrNO3/c1-17(7-6-14(18)19)15(20)12-3-2-11-9-13(16)5-4-10(11)8-12/h2-5,8-9H,6-7H2,1H3,(H,18,19). The molecule has 0 atom stereocenters. The van der Waals surface area contributed by atoms with Gasteiger partial charge in [-0.2, -0.15) is 0 Å². The fourth-order valence-corrected chi connectivity index (χ4v) is 2.31. The number of benzene rings is 2. The molecule has 1 N–H and O–H groups in total. The first-order valence-electron chi connectivity index (χ1n) is 6.14. The summed E-state index contributed by atoms with van der Waals surface area (Å²) in [6.45, 7) is 0.201. The zero-order valence-corrected chi connectivity index (χ0v) is 12.6. The molecule has 1 amide bonds. The Morgan fingerprint density at radius 1 is 1.15 bits per heavy atom. The van der Waals surface area contributed by atoms with Crippen LogP contribution in [-0.4, -0.2) is 35.5 Å². The molecule has 0 saturated carbocycles. The highest BCUT2D eigenvalue weighted by molar-refractivity contribution is 9.10. The lowest BCUT2D eigenvalue weighted by atomic mass is 10.1. The molecule has 0 saturated heterocycles. The summed E-state index contributed by atoms with van der Waals surface area (Å²) in [6, 6.07) is 11.3. The van der Waals surface area contributed by atoms with Crippen LogP contribution in [0.25, 0.3) is 10.8 Å². The number of carboxylic acids is 1. The van der Waals surface area contributed by atoms with Gasteiger partial charge >= 0.3 is 5.97 Å². The summed E-state index contributed by atoms with van der Waals surface area (Å²) in [4.78, 5) is 24.1. The van der Waals surface area contributed by atoms with Gasteiger partial charge in [0, 0.05) is 23.6 Å². The lowest BCUT2D eigenvalue weighted by Gasteiger charge is -2.16. The number of carboxylic acid groups (broad SMARTS) is 1. The first kappa shape index (κ1) is 14.5. The number of aliphatic carboxylic acids is 1. The van der Waals surface area contributed by atoms with Gasteiger partial charge in [-0.15, -0.1) is 0 Å². The average Bonchev–Trinajstić information content (AvgIpc) is 2.43. The number of fused-ring (bicyclic) bond motifs is 1. The molecular weight excluding hydrogens is 322 g/mol. The van der Waals surface area contributed by atoms with Gasteiger partial charge in [-0.3, -0.25) is 9.59 Å². The van der Waals surface area contributed by atoms with E-state index in [-0.39, 0.29) is 18.9 Å². The summed E-state index contributed by atoms with van der Waals surface area (Å²) < 4.78 is 0.989. The Balaban J connectivity index is 2.22. The molecule has 104 valence electrons. The maximum absolute atomic E-state index is 12.2. The van der Waals surface area contributed by atoms with E-state index in [1.807, 2.05) is 30.3 Å². The van der Waals surface area contributed by atoms with Gasteiger partial charge in [0.05, 0.1) is 6.42 Å². The Kier molecular flexibility index (Phi) is 4.39. The summed E-state index contributed by atoms with van der Waals surface area (Å²) in [5.74, 6) is -1.08. The van der Waals surface area contributed by atoms with E-state index in [0.29, 0.717) is 5.56 Å². The SMILES string of the molecule is CN(CCC(=O)O)C(=O)c1ccc2cc(Br)ccc2c1. The van der Waals surface area contributed by atoms with Crippen molar-refractivity contribution in [2.75, 3.05) is 13.6 Å². The molecule has 0 fully saturated rings. The van der Waals surface area contributed by atoms with E-state index in [4.69, 9.17) is 5.11 Å². The molecule has 0 unspecified atom stereocenters. The quantitative estimate of drug-likeness (QED) is 0.933. The van der Waals surface area contributed by atoms with Crippen LogP contribution in [0.2, 0.25) is 0 Å². The maximum Gasteiger partial charge on any atom is 0.305 e. The zero-order valence-electron chi connectivity index (χ0n) is 11.0. The maximum atomic E-state index is 12.2. The molecule has 0 bridgehead atoms. The number of nitrogens with zero attached hydrogens (tertiary/aromatic N) is 1. The predicted molar refractivity (Wildman–Crippen MR) is 80.9 cm³/mol. The Bertz CT molecular complexity index is 669. The number of carbonyl (C=O) groups is 2. The molecule has 0 radical (unpaired) electrons. The predicted octanol–water partition coefficient (Wildman–Crippen LogP) is 3.15. The Morgan fingerprint density at radius 2 is 1.80 bits per heavy atom.